The van der Waals surface area contributed by atoms with Gasteiger partial charge in [-0.25, -0.2) is 0 Å². The highest BCUT2D eigenvalue weighted by Crippen LogP contribution is 2.21. The Bertz CT molecular complexity index is 336. The van der Waals surface area contributed by atoms with E-state index in [1.807, 2.05) is 31.1 Å². The fourth-order valence-corrected chi connectivity index (χ4v) is 1.42. The molecule has 0 saturated heterocycles. The summed E-state index contributed by atoms with van der Waals surface area (Å²) in [4.78, 5) is 12.9. The number of nitrogens with zero attached hydrogens (tertiary/aromatic N) is 1. The third-order valence-corrected chi connectivity index (χ3v) is 2.42. The Morgan fingerprint density at radius 2 is 2.08 bits per heavy atom. The number of amides is 1. The van der Waals surface area contributed by atoms with E-state index in [1.165, 1.54) is 0 Å². The van der Waals surface area contributed by atoms with E-state index in [4.69, 9.17) is 5.73 Å². The summed E-state index contributed by atoms with van der Waals surface area (Å²) in [7, 11) is 3.82. The maximum Gasteiger partial charge on any atom is 0.249 e. The van der Waals surface area contributed by atoms with E-state index in [0.717, 1.165) is 10.2 Å². The fraction of sp³-hybridized carbons (Fsp3) is 0.222. The molecule has 0 radical (unpaired) electrons. The summed E-state index contributed by atoms with van der Waals surface area (Å²) >= 11 is 3.26. The number of nitrogens with two attached hydrogens (primary N) is 1. The van der Waals surface area contributed by atoms with Gasteiger partial charge < -0.3 is 10.6 Å². The van der Waals surface area contributed by atoms with Crippen LogP contribution < -0.4 is 10.6 Å². The van der Waals surface area contributed by atoms with Gasteiger partial charge in [-0.05, 0) is 34.1 Å². The first kappa shape index (κ1) is 10.1. The number of carbonyl (C=O) groups is 1. The van der Waals surface area contributed by atoms with E-state index < -0.39 is 5.91 Å². The van der Waals surface area contributed by atoms with Gasteiger partial charge in [0.05, 0.1) is 5.56 Å². The maximum absolute atomic E-state index is 11.0. The van der Waals surface area contributed by atoms with Gasteiger partial charge in [0.2, 0.25) is 5.91 Å². The van der Waals surface area contributed by atoms with Gasteiger partial charge >= 0.3 is 0 Å². The van der Waals surface area contributed by atoms with E-state index in [-0.39, 0.29) is 0 Å². The smallest absolute Gasteiger partial charge is 0.249 e. The zero-order valence-corrected chi connectivity index (χ0v) is 9.13. The number of benzene rings is 1. The number of carbonyl (C=O) groups excluding carboxylic acids is 1. The van der Waals surface area contributed by atoms with Crippen LogP contribution in [0, 0.1) is 0 Å². The van der Waals surface area contributed by atoms with Crippen molar-refractivity contribution in [3.05, 3.63) is 28.2 Å². The van der Waals surface area contributed by atoms with Crippen LogP contribution in [0.2, 0.25) is 0 Å². The Balaban J connectivity index is 3.19. The summed E-state index contributed by atoms with van der Waals surface area (Å²) in [5, 5.41) is 0. The molecule has 1 aromatic rings. The Morgan fingerprint density at radius 1 is 1.46 bits per heavy atom. The molecule has 3 nitrogen and oxygen atoms in total. The number of hydrogen-bond acceptors (Lipinski definition) is 2. The van der Waals surface area contributed by atoms with Gasteiger partial charge in [-0.2, -0.15) is 0 Å². The highest BCUT2D eigenvalue weighted by molar-refractivity contribution is 9.10. The largest absolute Gasteiger partial charge is 0.378 e. The summed E-state index contributed by atoms with van der Waals surface area (Å²) in [6, 6.07) is 5.48. The van der Waals surface area contributed by atoms with E-state index in [0.29, 0.717) is 5.56 Å². The monoisotopic (exact) mass is 242 g/mol. The number of halogens is 1. The molecule has 1 amide bonds. The lowest BCUT2D eigenvalue weighted by Gasteiger charge is -2.13. The molecule has 2 N–H and O–H groups in total. The highest BCUT2D eigenvalue weighted by Gasteiger charge is 2.07. The average molecular weight is 243 g/mol. The van der Waals surface area contributed by atoms with Crippen LogP contribution in [0.4, 0.5) is 5.69 Å². The first-order valence-electron chi connectivity index (χ1n) is 3.79. The molecule has 0 aromatic heterocycles. The summed E-state index contributed by atoms with van der Waals surface area (Å²) in [5.74, 6) is -0.421. The number of rotatable bonds is 2. The Hall–Kier alpha value is -1.03. The predicted octanol–water partition coefficient (Wildman–Crippen LogP) is 1.61. The number of primary amides is 1. The molecule has 0 atom stereocenters. The first-order valence-corrected chi connectivity index (χ1v) is 4.58. The van der Waals surface area contributed by atoms with Crippen molar-refractivity contribution in [2.75, 3.05) is 19.0 Å². The molecule has 0 aliphatic rings. The normalized spacial score (nSPS) is 9.77. The van der Waals surface area contributed by atoms with Crippen LogP contribution in [-0.2, 0) is 0 Å². The van der Waals surface area contributed by atoms with Gasteiger partial charge in [-0.3, -0.25) is 4.79 Å². The molecule has 1 aromatic carbocycles. The lowest BCUT2D eigenvalue weighted by molar-refractivity contribution is 0.0999. The molecular formula is C9H11BrN2O. The van der Waals surface area contributed by atoms with Crippen molar-refractivity contribution < 1.29 is 4.79 Å². The molecule has 0 spiro atoms. The minimum absolute atomic E-state index is 0.421. The standard InChI is InChI=1S/C9H11BrN2O/c1-12(2)6-3-4-8(10)7(5-6)9(11)13/h3-5H,1-2H3,(H2,11,13). The molecule has 0 aliphatic heterocycles. The third kappa shape index (κ3) is 2.21. The van der Waals surface area contributed by atoms with Crippen molar-refractivity contribution in [2.45, 2.75) is 0 Å². The van der Waals surface area contributed by atoms with Crippen molar-refractivity contribution in [1.29, 1.82) is 0 Å². The third-order valence-electron chi connectivity index (χ3n) is 1.73. The molecule has 4 heteroatoms. The molecule has 70 valence electrons. The van der Waals surface area contributed by atoms with Crippen LogP contribution in [0.5, 0.6) is 0 Å². The molecule has 0 saturated carbocycles. The zero-order chi connectivity index (χ0) is 10.0. The molecular weight excluding hydrogens is 232 g/mol. The van der Waals surface area contributed by atoms with Gasteiger partial charge in [0.1, 0.15) is 0 Å². The first-order chi connectivity index (χ1) is 6.02. The van der Waals surface area contributed by atoms with Crippen LogP contribution in [0.25, 0.3) is 0 Å². The highest BCUT2D eigenvalue weighted by atomic mass is 79.9. The molecule has 13 heavy (non-hydrogen) atoms. The van der Waals surface area contributed by atoms with E-state index >= 15 is 0 Å². The molecule has 0 aliphatic carbocycles. The predicted molar refractivity (Wildman–Crippen MR) is 57.0 cm³/mol. The zero-order valence-electron chi connectivity index (χ0n) is 7.54. The summed E-state index contributed by atoms with van der Waals surface area (Å²) < 4.78 is 0.727. The lowest BCUT2D eigenvalue weighted by Crippen LogP contribution is -2.14. The SMILES string of the molecule is CN(C)c1ccc(Br)c(C(N)=O)c1. The van der Waals surface area contributed by atoms with E-state index in [9.17, 15) is 4.79 Å². The van der Waals surface area contributed by atoms with Crippen LogP contribution in [-0.4, -0.2) is 20.0 Å². The second kappa shape index (κ2) is 3.79. The van der Waals surface area contributed by atoms with Crippen LogP contribution in [0.3, 0.4) is 0 Å². The van der Waals surface area contributed by atoms with Crippen molar-refractivity contribution in [2.24, 2.45) is 5.73 Å². The van der Waals surface area contributed by atoms with Crippen molar-refractivity contribution >= 4 is 27.5 Å². The second-order valence-electron chi connectivity index (χ2n) is 2.92. The minimum Gasteiger partial charge on any atom is -0.378 e. The van der Waals surface area contributed by atoms with Gasteiger partial charge in [0.15, 0.2) is 0 Å². The number of anilines is 1. The van der Waals surface area contributed by atoms with Crippen LogP contribution in [0.15, 0.2) is 22.7 Å². The quantitative estimate of drug-likeness (QED) is 0.857. The minimum atomic E-state index is -0.421. The van der Waals surface area contributed by atoms with Gasteiger partial charge in [0, 0.05) is 24.3 Å². The average Bonchev–Trinajstić information content (AvgIpc) is 2.04. The number of hydrogen-bond donors (Lipinski definition) is 1. The lowest BCUT2D eigenvalue weighted by atomic mass is 10.2. The molecule has 0 fully saturated rings. The van der Waals surface area contributed by atoms with Crippen molar-refractivity contribution in [1.82, 2.24) is 0 Å². The van der Waals surface area contributed by atoms with Gasteiger partial charge in [0.25, 0.3) is 0 Å². The Morgan fingerprint density at radius 3 is 2.54 bits per heavy atom. The topological polar surface area (TPSA) is 46.3 Å². The second-order valence-corrected chi connectivity index (χ2v) is 3.78. The van der Waals surface area contributed by atoms with Crippen LogP contribution >= 0.6 is 15.9 Å². The summed E-state index contributed by atoms with van der Waals surface area (Å²) in [6.07, 6.45) is 0. The molecule has 0 bridgehead atoms. The van der Waals surface area contributed by atoms with Crippen molar-refractivity contribution in [3.8, 4) is 0 Å². The van der Waals surface area contributed by atoms with Gasteiger partial charge in [-0.15, -0.1) is 0 Å². The van der Waals surface area contributed by atoms with E-state index in [2.05, 4.69) is 15.9 Å². The van der Waals surface area contributed by atoms with Gasteiger partial charge in [-0.1, -0.05) is 0 Å². The Labute approximate surface area is 85.7 Å². The maximum atomic E-state index is 11.0. The van der Waals surface area contributed by atoms with Crippen molar-refractivity contribution in [3.63, 3.8) is 0 Å². The van der Waals surface area contributed by atoms with Crippen LogP contribution in [0.1, 0.15) is 10.4 Å². The molecule has 0 heterocycles. The molecule has 1 rings (SSSR count). The summed E-state index contributed by atoms with van der Waals surface area (Å²) in [6.45, 7) is 0. The van der Waals surface area contributed by atoms with E-state index in [1.54, 1.807) is 6.07 Å². The Kier molecular flexibility index (Phi) is 2.93. The summed E-state index contributed by atoms with van der Waals surface area (Å²) in [5.41, 5.74) is 6.66. The molecule has 0 unspecified atom stereocenters. The fourth-order valence-electron chi connectivity index (χ4n) is 0.980.